The fraction of sp³-hybridized carbons (Fsp3) is 0.348. The first-order valence-electron chi connectivity index (χ1n) is 10.6. The molecule has 0 radical (unpaired) electrons. The largest absolute Gasteiger partial charge is 0.490 e. The third-order valence-electron chi connectivity index (χ3n) is 6.10. The van der Waals surface area contributed by atoms with Gasteiger partial charge in [-0.1, -0.05) is 0 Å². The normalized spacial score (nSPS) is 18.3. The summed E-state index contributed by atoms with van der Waals surface area (Å²) in [6.07, 6.45) is 7.32. The van der Waals surface area contributed by atoms with Crippen molar-refractivity contribution in [3.05, 3.63) is 64.2 Å². The number of rotatable bonds is 6. The maximum Gasteiger partial charge on any atom is 0.341 e. The van der Waals surface area contributed by atoms with Gasteiger partial charge in [0.05, 0.1) is 23.1 Å². The van der Waals surface area contributed by atoms with E-state index in [9.17, 15) is 14.7 Å². The highest BCUT2D eigenvalue weighted by molar-refractivity contribution is 5.94. The van der Waals surface area contributed by atoms with Gasteiger partial charge in [0.2, 0.25) is 5.43 Å². The highest BCUT2D eigenvalue weighted by atomic mass is 19.1. The SMILES string of the molecule is O=C(O)c1cn(C2CC2)c2c(F)c(N3CCC[C@@H]3COc3cccnc3)c(F)cc2c1=O. The second kappa shape index (κ2) is 7.89. The van der Waals surface area contributed by atoms with Crippen LogP contribution in [-0.4, -0.2) is 39.8 Å². The Morgan fingerprint density at radius 1 is 1.28 bits per heavy atom. The Balaban J connectivity index is 1.58. The molecular weight excluding hydrogens is 420 g/mol. The molecule has 32 heavy (non-hydrogen) atoms. The van der Waals surface area contributed by atoms with Crippen molar-refractivity contribution in [3.8, 4) is 5.75 Å². The lowest BCUT2D eigenvalue weighted by atomic mass is 10.1. The number of carboxylic acid groups (broad SMARTS) is 1. The topological polar surface area (TPSA) is 84.7 Å². The Kier molecular flexibility index (Phi) is 5.03. The molecule has 5 rings (SSSR count). The zero-order valence-electron chi connectivity index (χ0n) is 17.1. The molecule has 1 saturated carbocycles. The van der Waals surface area contributed by atoms with Crippen molar-refractivity contribution in [2.24, 2.45) is 0 Å². The second-order valence-corrected chi connectivity index (χ2v) is 8.22. The lowest BCUT2D eigenvalue weighted by Gasteiger charge is -2.28. The van der Waals surface area contributed by atoms with Crippen LogP contribution in [-0.2, 0) is 0 Å². The van der Waals surface area contributed by atoms with Crippen LogP contribution in [0.15, 0.2) is 41.6 Å². The van der Waals surface area contributed by atoms with E-state index in [1.807, 2.05) is 0 Å². The minimum atomic E-state index is -1.41. The number of aromatic carboxylic acids is 1. The number of carboxylic acids is 1. The molecule has 166 valence electrons. The lowest BCUT2D eigenvalue weighted by molar-refractivity contribution is 0.0694. The Morgan fingerprint density at radius 3 is 2.78 bits per heavy atom. The molecule has 2 aromatic heterocycles. The summed E-state index contributed by atoms with van der Waals surface area (Å²) >= 11 is 0. The van der Waals surface area contributed by atoms with E-state index in [2.05, 4.69) is 4.98 Å². The van der Waals surface area contributed by atoms with Gasteiger partial charge in [-0.3, -0.25) is 9.78 Å². The molecule has 3 heterocycles. The molecule has 1 saturated heterocycles. The van der Waals surface area contributed by atoms with Crippen LogP contribution >= 0.6 is 0 Å². The fourth-order valence-electron chi connectivity index (χ4n) is 4.42. The van der Waals surface area contributed by atoms with Crippen LogP contribution in [0.3, 0.4) is 0 Å². The van der Waals surface area contributed by atoms with E-state index in [-0.39, 0.29) is 35.3 Å². The Morgan fingerprint density at radius 2 is 2.09 bits per heavy atom. The van der Waals surface area contributed by atoms with Crippen molar-refractivity contribution in [3.63, 3.8) is 0 Å². The highest BCUT2D eigenvalue weighted by Gasteiger charge is 2.34. The van der Waals surface area contributed by atoms with Gasteiger partial charge in [0.25, 0.3) is 0 Å². The number of nitrogens with zero attached hydrogens (tertiary/aromatic N) is 3. The van der Waals surface area contributed by atoms with Gasteiger partial charge >= 0.3 is 5.97 Å². The van der Waals surface area contributed by atoms with Gasteiger partial charge < -0.3 is 19.3 Å². The van der Waals surface area contributed by atoms with Gasteiger partial charge in [-0.2, -0.15) is 0 Å². The molecule has 1 aliphatic heterocycles. The van der Waals surface area contributed by atoms with E-state index in [4.69, 9.17) is 4.74 Å². The molecule has 0 spiro atoms. The van der Waals surface area contributed by atoms with Crippen molar-refractivity contribution >= 4 is 22.6 Å². The van der Waals surface area contributed by atoms with Crippen LogP contribution in [0.25, 0.3) is 10.9 Å². The number of ether oxygens (including phenoxy) is 1. The van der Waals surface area contributed by atoms with E-state index in [0.717, 1.165) is 25.3 Å². The van der Waals surface area contributed by atoms with E-state index in [1.165, 1.54) is 10.8 Å². The molecule has 2 aliphatic rings. The molecule has 7 nitrogen and oxygen atoms in total. The molecule has 0 bridgehead atoms. The zero-order chi connectivity index (χ0) is 22.4. The van der Waals surface area contributed by atoms with Crippen molar-refractivity contribution in [1.82, 2.24) is 9.55 Å². The fourth-order valence-corrected chi connectivity index (χ4v) is 4.42. The predicted octanol–water partition coefficient (Wildman–Crippen LogP) is 3.76. The van der Waals surface area contributed by atoms with Crippen LogP contribution in [0.1, 0.15) is 42.1 Å². The number of halogens is 2. The van der Waals surface area contributed by atoms with Gasteiger partial charge in [-0.25, -0.2) is 13.6 Å². The molecule has 1 aromatic carbocycles. The average molecular weight is 441 g/mol. The summed E-state index contributed by atoms with van der Waals surface area (Å²) in [5.41, 5.74) is -1.61. The molecule has 1 atom stereocenters. The monoisotopic (exact) mass is 441 g/mol. The summed E-state index contributed by atoms with van der Waals surface area (Å²) in [7, 11) is 0. The third-order valence-corrected chi connectivity index (χ3v) is 6.10. The van der Waals surface area contributed by atoms with E-state index >= 15 is 8.78 Å². The maximum absolute atomic E-state index is 15.8. The first-order chi connectivity index (χ1) is 15.5. The first kappa shape index (κ1) is 20.4. The van der Waals surface area contributed by atoms with Crippen LogP contribution in [0.4, 0.5) is 14.5 Å². The quantitative estimate of drug-likeness (QED) is 0.627. The van der Waals surface area contributed by atoms with E-state index in [1.54, 1.807) is 29.4 Å². The van der Waals surface area contributed by atoms with Crippen LogP contribution < -0.4 is 15.1 Å². The first-order valence-corrected chi connectivity index (χ1v) is 10.6. The molecular formula is C23H21F2N3O4. The minimum Gasteiger partial charge on any atom is -0.490 e. The Hall–Kier alpha value is -3.49. The minimum absolute atomic E-state index is 0.0438. The number of hydrogen-bond acceptors (Lipinski definition) is 5. The summed E-state index contributed by atoms with van der Waals surface area (Å²) in [4.78, 5) is 29.8. The smallest absolute Gasteiger partial charge is 0.341 e. The maximum atomic E-state index is 15.8. The summed E-state index contributed by atoms with van der Waals surface area (Å²) in [5, 5.41) is 9.13. The summed E-state index contributed by atoms with van der Waals surface area (Å²) in [6.45, 7) is 0.678. The molecule has 3 aromatic rings. The number of pyridine rings is 2. The standard InChI is InChI=1S/C23H21F2N3O4/c24-18-9-16-20(28(13-5-6-13)11-17(22(16)29)23(30)31)19(25)21(18)27-8-2-3-14(27)12-32-15-4-1-7-26-10-15/h1,4,7,9-11,13-14H,2-3,5-6,8,12H2,(H,30,31)/t14-/m1/s1. The number of benzene rings is 1. The Bertz CT molecular complexity index is 1260. The van der Waals surface area contributed by atoms with Gasteiger partial charge in [0.15, 0.2) is 5.82 Å². The second-order valence-electron chi connectivity index (χ2n) is 8.22. The van der Waals surface area contributed by atoms with Crippen LogP contribution in [0.2, 0.25) is 0 Å². The number of hydrogen-bond donors (Lipinski definition) is 1. The van der Waals surface area contributed by atoms with Crippen molar-refractivity contribution in [1.29, 1.82) is 0 Å². The average Bonchev–Trinajstić information content (AvgIpc) is 3.52. The Labute approximate surface area is 181 Å². The van der Waals surface area contributed by atoms with E-state index in [0.29, 0.717) is 18.7 Å². The van der Waals surface area contributed by atoms with Crippen molar-refractivity contribution in [2.75, 3.05) is 18.1 Å². The number of fused-ring (bicyclic) bond motifs is 1. The van der Waals surface area contributed by atoms with Gasteiger partial charge in [-0.05, 0) is 43.9 Å². The summed E-state index contributed by atoms with van der Waals surface area (Å²) in [6, 6.07) is 4.12. The third kappa shape index (κ3) is 3.47. The predicted molar refractivity (Wildman–Crippen MR) is 113 cm³/mol. The zero-order valence-corrected chi connectivity index (χ0v) is 17.1. The van der Waals surface area contributed by atoms with Crippen molar-refractivity contribution in [2.45, 2.75) is 37.8 Å². The molecule has 1 aliphatic carbocycles. The van der Waals surface area contributed by atoms with Crippen LogP contribution in [0.5, 0.6) is 5.75 Å². The van der Waals surface area contributed by atoms with Gasteiger partial charge in [0.1, 0.15) is 29.4 Å². The van der Waals surface area contributed by atoms with Crippen molar-refractivity contribution < 1.29 is 23.4 Å². The number of aromatic nitrogens is 2. The summed E-state index contributed by atoms with van der Waals surface area (Å²) < 4.78 is 38.3. The van der Waals surface area contributed by atoms with Crippen LogP contribution in [0, 0.1) is 11.6 Å². The highest BCUT2D eigenvalue weighted by Crippen LogP contribution is 2.40. The number of carbonyl (C=O) groups is 1. The van der Waals surface area contributed by atoms with E-state index < -0.39 is 28.6 Å². The van der Waals surface area contributed by atoms with Gasteiger partial charge in [-0.15, -0.1) is 0 Å². The summed E-state index contributed by atoms with van der Waals surface area (Å²) in [5.74, 6) is -2.56. The molecule has 1 N–H and O–H groups in total. The molecule has 0 unspecified atom stereocenters. The lowest BCUT2D eigenvalue weighted by Crippen LogP contribution is -2.35. The molecule has 9 heteroatoms. The molecule has 0 amide bonds. The number of anilines is 1. The molecule has 2 fully saturated rings. The van der Waals surface area contributed by atoms with Gasteiger partial charge in [0, 0.05) is 25.0 Å².